The molecule has 0 N–H and O–H groups in total. The van der Waals surface area contributed by atoms with E-state index in [1.165, 1.54) is 6.92 Å². The van der Waals surface area contributed by atoms with Crippen LogP contribution in [-0.2, 0) is 0 Å². The third-order valence-electron chi connectivity index (χ3n) is 3.37. The Morgan fingerprint density at radius 2 is 1.62 bits per heavy atom. The van der Waals surface area contributed by atoms with Gasteiger partial charge in [-0.15, -0.1) is 0 Å². The largest absolute Gasteiger partial charge is 0.246 e. The second kappa shape index (κ2) is 5.41. The number of halogens is 3. The van der Waals surface area contributed by atoms with Gasteiger partial charge in [-0.2, -0.15) is 0 Å². The van der Waals surface area contributed by atoms with Crippen LogP contribution in [0, 0.1) is 5.82 Å². The van der Waals surface area contributed by atoms with E-state index in [1.54, 1.807) is 48.5 Å². The van der Waals surface area contributed by atoms with Crippen molar-refractivity contribution in [2.24, 2.45) is 0 Å². The molecule has 0 radical (unpaired) electrons. The predicted octanol–water partition coefficient (Wildman–Crippen LogP) is 5.72. The minimum Gasteiger partial charge on any atom is -0.246 e. The lowest BCUT2D eigenvalue weighted by atomic mass is 10.0. The molecule has 106 valence electrons. The number of aromatic nitrogens is 1. The van der Waals surface area contributed by atoms with E-state index in [2.05, 4.69) is 4.98 Å². The van der Waals surface area contributed by atoms with E-state index in [-0.39, 0.29) is 11.4 Å². The third-order valence-corrected chi connectivity index (χ3v) is 3.63. The van der Waals surface area contributed by atoms with E-state index in [9.17, 15) is 8.78 Å². The molecule has 0 saturated heterocycles. The summed E-state index contributed by atoms with van der Waals surface area (Å²) >= 11 is 5.84. The van der Waals surface area contributed by atoms with Crippen LogP contribution in [0.15, 0.2) is 48.5 Å². The fourth-order valence-corrected chi connectivity index (χ4v) is 2.48. The molecule has 3 rings (SSSR count). The summed E-state index contributed by atoms with van der Waals surface area (Å²) in [5, 5.41) is 1.43. The zero-order valence-corrected chi connectivity index (χ0v) is 12.0. The molecule has 0 fully saturated rings. The molecule has 0 spiro atoms. The highest BCUT2D eigenvalue weighted by Gasteiger charge is 2.18. The van der Waals surface area contributed by atoms with Crippen molar-refractivity contribution in [1.82, 2.24) is 4.98 Å². The van der Waals surface area contributed by atoms with Gasteiger partial charge in [0.1, 0.15) is 11.9 Å². The topological polar surface area (TPSA) is 12.9 Å². The van der Waals surface area contributed by atoms with Gasteiger partial charge in [0.15, 0.2) is 5.82 Å². The van der Waals surface area contributed by atoms with Crippen molar-refractivity contribution in [3.05, 3.63) is 65.1 Å². The Labute approximate surface area is 126 Å². The Hall–Kier alpha value is -2.00. The van der Waals surface area contributed by atoms with Crippen LogP contribution in [0.5, 0.6) is 0 Å². The van der Waals surface area contributed by atoms with Crippen LogP contribution in [0.3, 0.4) is 0 Å². The number of rotatable bonds is 2. The first-order valence-electron chi connectivity index (χ1n) is 6.56. The summed E-state index contributed by atoms with van der Waals surface area (Å²) in [5.74, 6) is -0.447. The van der Waals surface area contributed by atoms with E-state index >= 15 is 0 Å². The quantitative estimate of drug-likeness (QED) is 0.589. The van der Waals surface area contributed by atoms with Crippen LogP contribution in [0.1, 0.15) is 18.8 Å². The number of alkyl halides is 1. The molecular weight excluding hydrogens is 292 g/mol. The van der Waals surface area contributed by atoms with Crippen molar-refractivity contribution < 1.29 is 8.78 Å². The zero-order chi connectivity index (χ0) is 15.0. The first-order valence-corrected chi connectivity index (χ1v) is 6.94. The Kier molecular flexibility index (Phi) is 3.60. The Bertz CT molecular complexity index is 798. The lowest BCUT2D eigenvalue weighted by Crippen LogP contribution is -2.00. The summed E-state index contributed by atoms with van der Waals surface area (Å²) in [6, 6.07) is 13.5. The number of fused-ring (bicyclic) bond motifs is 1. The van der Waals surface area contributed by atoms with Gasteiger partial charge in [-0.25, -0.2) is 13.8 Å². The summed E-state index contributed by atoms with van der Waals surface area (Å²) in [5.41, 5.74) is 0.964. The summed E-state index contributed by atoms with van der Waals surface area (Å²) in [4.78, 5) is 4.21. The zero-order valence-electron chi connectivity index (χ0n) is 11.3. The van der Waals surface area contributed by atoms with Crippen molar-refractivity contribution in [3.8, 4) is 11.3 Å². The fourth-order valence-electron chi connectivity index (χ4n) is 2.36. The van der Waals surface area contributed by atoms with Crippen LogP contribution >= 0.6 is 11.6 Å². The molecule has 1 heterocycles. The summed E-state index contributed by atoms with van der Waals surface area (Å²) in [6.07, 6.45) is -1.28. The van der Waals surface area contributed by atoms with E-state index in [4.69, 9.17) is 11.6 Å². The van der Waals surface area contributed by atoms with Gasteiger partial charge in [-0.1, -0.05) is 48.0 Å². The monoisotopic (exact) mass is 303 g/mol. The highest BCUT2D eigenvalue weighted by atomic mass is 35.5. The number of benzene rings is 2. The van der Waals surface area contributed by atoms with E-state index < -0.39 is 12.0 Å². The summed E-state index contributed by atoms with van der Waals surface area (Å²) < 4.78 is 28.5. The van der Waals surface area contributed by atoms with Crippen molar-refractivity contribution in [2.75, 3.05) is 0 Å². The highest BCUT2D eigenvalue weighted by Crippen LogP contribution is 2.32. The molecule has 2 aromatic carbocycles. The van der Waals surface area contributed by atoms with Gasteiger partial charge >= 0.3 is 0 Å². The van der Waals surface area contributed by atoms with Crippen LogP contribution in [-0.4, -0.2) is 4.98 Å². The number of pyridine rings is 1. The standard InChI is InChI=1S/C17H12ClF2N/c1-10(19)16-14-5-3-2-4-13(14)15(20)17(21-16)11-6-8-12(18)9-7-11/h2-10H,1H3. The molecule has 21 heavy (non-hydrogen) atoms. The Morgan fingerprint density at radius 1 is 1.00 bits per heavy atom. The minimum absolute atomic E-state index is 0.143. The second-order valence-electron chi connectivity index (χ2n) is 4.83. The third kappa shape index (κ3) is 2.49. The Balaban J connectivity index is 2.33. The van der Waals surface area contributed by atoms with Crippen LogP contribution < -0.4 is 0 Å². The van der Waals surface area contributed by atoms with Gasteiger partial charge in [0.05, 0.1) is 5.69 Å². The first kappa shape index (κ1) is 14.0. The van der Waals surface area contributed by atoms with Gasteiger partial charge in [-0.05, 0) is 19.1 Å². The predicted molar refractivity (Wildman–Crippen MR) is 81.7 cm³/mol. The van der Waals surface area contributed by atoms with E-state index in [0.717, 1.165) is 0 Å². The van der Waals surface area contributed by atoms with Crippen LogP contribution in [0.4, 0.5) is 8.78 Å². The van der Waals surface area contributed by atoms with Crippen molar-refractivity contribution in [3.63, 3.8) is 0 Å². The van der Waals surface area contributed by atoms with Crippen molar-refractivity contribution >= 4 is 22.4 Å². The molecular formula is C17H12ClF2N. The maximum atomic E-state index is 14.7. The van der Waals surface area contributed by atoms with Gasteiger partial charge in [-0.3, -0.25) is 0 Å². The van der Waals surface area contributed by atoms with Crippen molar-refractivity contribution in [1.29, 1.82) is 0 Å². The molecule has 4 heteroatoms. The molecule has 1 aromatic heterocycles. The highest BCUT2D eigenvalue weighted by molar-refractivity contribution is 6.30. The molecule has 0 aliphatic rings. The molecule has 3 aromatic rings. The van der Waals surface area contributed by atoms with E-state index in [1.807, 2.05) is 0 Å². The molecule has 0 aliphatic carbocycles. The molecule has 0 aliphatic heterocycles. The lowest BCUT2D eigenvalue weighted by molar-refractivity contribution is 0.368. The van der Waals surface area contributed by atoms with Crippen LogP contribution in [0.2, 0.25) is 5.02 Å². The minimum atomic E-state index is -1.28. The molecule has 0 amide bonds. The smallest absolute Gasteiger partial charge is 0.157 e. The first-order chi connectivity index (χ1) is 10.1. The molecule has 0 bridgehead atoms. The van der Waals surface area contributed by atoms with E-state index in [0.29, 0.717) is 21.4 Å². The maximum absolute atomic E-state index is 14.7. The van der Waals surface area contributed by atoms with Crippen LogP contribution in [0.25, 0.3) is 22.0 Å². The SMILES string of the molecule is CC(F)c1nc(-c2ccc(Cl)cc2)c(F)c2ccccc12. The Morgan fingerprint density at radius 3 is 2.24 bits per heavy atom. The van der Waals surface area contributed by atoms with Gasteiger partial charge in [0.2, 0.25) is 0 Å². The van der Waals surface area contributed by atoms with Crippen molar-refractivity contribution in [2.45, 2.75) is 13.1 Å². The normalized spacial score (nSPS) is 12.6. The van der Waals surface area contributed by atoms with Gasteiger partial charge in [0.25, 0.3) is 0 Å². The van der Waals surface area contributed by atoms with Gasteiger partial charge < -0.3 is 0 Å². The second-order valence-corrected chi connectivity index (χ2v) is 5.26. The molecule has 1 unspecified atom stereocenters. The number of nitrogens with zero attached hydrogens (tertiary/aromatic N) is 1. The number of hydrogen-bond donors (Lipinski definition) is 0. The average molecular weight is 304 g/mol. The average Bonchev–Trinajstić information content (AvgIpc) is 2.49. The fraction of sp³-hybridized carbons (Fsp3) is 0.118. The summed E-state index contributed by atoms with van der Waals surface area (Å²) in [6.45, 7) is 1.40. The molecule has 1 nitrogen and oxygen atoms in total. The molecule has 0 saturated carbocycles. The van der Waals surface area contributed by atoms with Gasteiger partial charge in [0, 0.05) is 21.4 Å². The number of hydrogen-bond acceptors (Lipinski definition) is 1. The summed E-state index contributed by atoms with van der Waals surface area (Å²) in [7, 11) is 0. The molecule has 1 atom stereocenters. The lowest BCUT2D eigenvalue weighted by Gasteiger charge is -2.12. The maximum Gasteiger partial charge on any atom is 0.157 e.